The lowest BCUT2D eigenvalue weighted by Gasteiger charge is -2.22. The Morgan fingerprint density at radius 2 is 1.88 bits per heavy atom. The van der Waals surface area contributed by atoms with E-state index in [1.54, 1.807) is 41.0 Å². The van der Waals surface area contributed by atoms with Gasteiger partial charge in [-0.15, -0.1) is 22.7 Å². The van der Waals surface area contributed by atoms with Crippen LogP contribution in [-0.4, -0.2) is 14.3 Å². The van der Waals surface area contributed by atoms with Crippen LogP contribution in [0.1, 0.15) is 27.7 Å². The summed E-state index contributed by atoms with van der Waals surface area (Å²) < 4.78 is 26.1. The van der Waals surface area contributed by atoms with Crippen molar-refractivity contribution in [2.75, 3.05) is 5.32 Å². The van der Waals surface area contributed by atoms with Crippen LogP contribution in [0.25, 0.3) is 0 Å². The summed E-state index contributed by atoms with van der Waals surface area (Å²) >= 11 is 2.98. The number of benzene rings is 1. The summed E-state index contributed by atoms with van der Waals surface area (Å²) in [7, 11) is -3.67. The number of hydrogen-bond acceptors (Lipinski definition) is 5. The summed E-state index contributed by atoms with van der Waals surface area (Å²) in [5.74, 6) is -0.222. The highest BCUT2D eigenvalue weighted by atomic mass is 32.2. The molecular weight excluding hydrogens is 374 g/mol. The SMILES string of the molecule is Cc1ccc(S(=O)(=O)c2csc3c2NC(=O)C[C@@H]3c2cccs2)cc1. The Bertz CT molecular complexity index is 1030. The molecule has 7 heteroatoms. The number of thiophene rings is 2. The minimum atomic E-state index is -3.67. The standard InChI is InChI=1S/C18H15NO3S3/c1-11-4-6-12(7-5-11)25(21,22)15-10-24-18-13(14-3-2-8-23-14)9-16(20)19-17(15)18/h2-8,10,13H,9H2,1H3,(H,19,20)/t13-/m1/s1. The van der Waals surface area contributed by atoms with E-state index in [1.807, 2.05) is 24.4 Å². The van der Waals surface area contributed by atoms with Crippen molar-refractivity contribution in [1.29, 1.82) is 0 Å². The third-order valence-corrected chi connectivity index (χ3v) is 8.29. The first kappa shape index (κ1) is 16.5. The van der Waals surface area contributed by atoms with Gasteiger partial charge in [0, 0.05) is 27.5 Å². The fourth-order valence-corrected chi connectivity index (χ4v) is 6.78. The van der Waals surface area contributed by atoms with Crippen LogP contribution in [0.4, 0.5) is 5.69 Å². The smallest absolute Gasteiger partial charge is 0.225 e. The molecule has 0 saturated carbocycles. The first-order valence-electron chi connectivity index (χ1n) is 7.73. The Labute approximate surface area is 154 Å². The number of rotatable bonds is 3. The Morgan fingerprint density at radius 3 is 2.56 bits per heavy atom. The van der Waals surface area contributed by atoms with Crippen molar-refractivity contribution in [3.63, 3.8) is 0 Å². The van der Waals surface area contributed by atoms with Gasteiger partial charge in [-0.2, -0.15) is 0 Å². The van der Waals surface area contributed by atoms with Crippen LogP contribution >= 0.6 is 22.7 Å². The van der Waals surface area contributed by atoms with Gasteiger partial charge in [0.1, 0.15) is 4.90 Å². The third kappa shape index (κ3) is 2.82. The summed E-state index contributed by atoms with van der Waals surface area (Å²) in [6, 6.07) is 10.7. The Morgan fingerprint density at radius 1 is 1.12 bits per heavy atom. The van der Waals surface area contributed by atoms with Gasteiger partial charge in [0.25, 0.3) is 0 Å². The lowest BCUT2D eigenvalue weighted by molar-refractivity contribution is -0.116. The van der Waals surface area contributed by atoms with Gasteiger partial charge in [0.2, 0.25) is 15.7 Å². The zero-order valence-corrected chi connectivity index (χ0v) is 15.8. The van der Waals surface area contributed by atoms with E-state index in [0.717, 1.165) is 15.3 Å². The van der Waals surface area contributed by atoms with Crippen molar-refractivity contribution in [2.45, 2.75) is 29.1 Å². The maximum absolute atomic E-state index is 13.0. The van der Waals surface area contributed by atoms with Crippen molar-refractivity contribution < 1.29 is 13.2 Å². The second-order valence-corrected chi connectivity index (χ2v) is 9.78. The first-order valence-corrected chi connectivity index (χ1v) is 11.0. The van der Waals surface area contributed by atoms with E-state index in [2.05, 4.69) is 5.32 Å². The van der Waals surface area contributed by atoms with Gasteiger partial charge < -0.3 is 5.32 Å². The predicted octanol–water partition coefficient (Wildman–Crippen LogP) is 4.42. The molecule has 3 aromatic rings. The van der Waals surface area contributed by atoms with E-state index in [0.29, 0.717) is 12.1 Å². The van der Waals surface area contributed by atoms with Crippen molar-refractivity contribution in [1.82, 2.24) is 0 Å². The highest BCUT2D eigenvalue weighted by Gasteiger charge is 2.34. The summed E-state index contributed by atoms with van der Waals surface area (Å²) in [6.45, 7) is 1.91. The molecule has 25 heavy (non-hydrogen) atoms. The molecule has 128 valence electrons. The van der Waals surface area contributed by atoms with Gasteiger partial charge in [-0.3, -0.25) is 4.79 Å². The second-order valence-electron chi connectivity index (χ2n) is 5.98. The Hall–Kier alpha value is -1.96. The molecular formula is C18H15NO3S3. The lowest BCUT2D eigenvalue weighted by atomic mass is 9.97. The van der Waals surface area contributed by atoms with E-state index in [9.17, 15) is 13.2 Å². The number of amides is 1. The van der Waals surface area contributed by atoms with Gasteiger partial charge in [0.15, 0.2) is 0 Å². The topological polar surface area (TPSA) is 63.2 Å². The fraction of sp³-hybridized carbons (Fsp3) is 0.167. The van der Waals surface area contributed by atoms with E-state index in [-0.39, 0.29) is 21.6 Å². The Balaban J connectivity index is 1.83. The summed E-state index contributed by atoms with van der Waals surface area (Å²) in [4.78, 5) is 14.6. The molecule has 1 aliphatic heterocycles. The van der Waals surface area contributed by atoms with Gasteiger partial charge >= 0.3 is 0 Å². The van der Waals surface area contributed by atoms with Gasteiger partial charge in [-0.05, 0) is 30.5 Å². The molecule has 1 amide bonds. The average Bonchev–Trinajstić information content (AvgIpc) is 3.24. The highest BCUT2D eigenvalue weighted by Crippen LogP contribution is 2.46. The fourth-order valence-electron chi connectivity index (χ4n) is 2.97. The average molecular weight is 390 g/mol. The zero-order chi connectivity index (χ0) is 17.6. The van der Waals surface area contributed by atoms with Crippen LogP contribution in [0.2, 0.25) is 0 Å². The number of fused-ring (bicyclic) bond motifs is 1. The van der Waals surface area contributed by atoms with Crippen LogP contribution in [-0.2, 0) is 14.6 Å². The van der Waals surface area contributed by atoms with Crippen LogP contribution in [0.3, 0.4) is 0 Å². The van der Waals surface area contributed by atoms with Gasteiger partial charge in [-0.25, -0.2) is 8.42 Å². The van der Waals surface area contributed by atoms with E-state index in [4.69, 9.17) is 0 Å². The minimum absolute atomic E-state index is 0.0734. The molecule has 0 radical (unpaired) electrons. The predicted molar refractivity (Wildman–Crippen MR) is 100 cm³/mol. The quantitative estimate of drug-likeness (QED) is 0.721. The summed E-state index contributed by atoms with van der Waals surface area (Å²) in [5, 5.41) is 6.40. The van der Waals surface area contributed by atoms with Crippen molar-refractivity contribution in [3.05, 3.63) is 62.5 Å². The molecule has 1 aromatic carbocycles. The van der Waals surface area contributed by atoms with Crippen molar-refractivity contribution >= 4 is 44.1 Å². The van der Waals surface area contributed by atoms with Crippen molar-refractivity contribution in [2.24, 2.45) is 0 Å². The maximum atomic E-state index is 13.0. The molecule has 0 saturated heterocycles. The number of aryl methyl sites for hydroxylation is 1. The molecule has 3 heterocycles. The van der Waals surface area contributed by atoms with E-state index < -0.39 is 9.84 Å². The van der Waals surface area contributed by atoms with Crippen LogP contribution in [0.15, 0.2) is 56.9 Å². The zero-order valence-electron chi connectivity index (χ0n) is 13.4. The summed E-state index contributed by atoms with van der Waals surface area (Å²) in [5.41, 5.74) is 1.44. The first-order chi connectivity index (χ1) is 12.0. The van der Waals surface area contributed by atoms with Gasteiger partial charge in [0.05, 0.1) is 10.6 Å². The molecule has 4 nitrogen and oxygen atoms in total. The normalized spacial score (nSPS) is 17.2. The van der Waals surface area contributed by atoms with Crippen LogP contribution in [0, 0.1) is 6.92 Å². The number of hydrogen-bond donors (Lipinski definition) is 1. The Kier molecular flexibility index (Phi) is 4.02. The molecule has 4 rings (SSSR count). The van der Waals surface area contributed by atoms with Crippen LogP contribution in [0.5, 0.6) is 0 Å². The van der Waals surface area contributed by atoms with Gasteiger partial charge in [-0.1, -0.05) is 23.8 Å². The highest BCUT2D eigenvalue weighted by molar-refractivity contribution is 7.91. The lowest BCUT2D eigenvalue weighted by Crippen LogP contribution is -2.23. The molecule has 0 aliphatic carbocycles. The largest absolute Gasteiger partial charge is 0.324 e. The maximum Gasteiger partial charge on any atom is 0.225 e. The molecule has 0 fully saturated rings. The van der Waals surface area contributed by atoms with Crippen molar-refractivity contribution in [3.8, 4) is 0 Å². The van der Waals surface area contributed by atoms with Crippen LogP contribution < -0.4 is 5.32 Å². The second kappa shape index (κ2) is 6.09. The molecule has 1 N–H and O–H groups in total. The number of anilines is 1. The monoisotopic (exact) mass is 389 g/mol. The minimum Gasteiger partial charge on any atom is -0.324 e. The molecule has 1 aliphatic rings. The summed E-state index contributed by atoms with van der Waals surface area (Å²) in [6.07, 6.45) is 0.345. The molecule has 0 spiro atoms. The third-order valence-electron chi connectivity index (χ3n) is 4.26. The molecule has 1 atom stereocenters. The molecule has 0 unspecified atom stereocenters. The number of carbonyl (C=O) groups excluding carboxylic acids is 1. The number of carbonyl (C=O) groups is 1. The number of nitrogens with one attached hydrogen (secondary N) is 1. The number of sulfone groups is 1. The van der Waals surface area contributed by atoms with E-state index in [1.165, 1.54) is 11.3 Å². The molecule has 0 bridgehead atoms. The van der Waals surface area contributed by atoms with E-state index >= 15 is 0 Å². The molecule has 2 aromatic heterocycles.